The average Bonchev–Trinajstić information content (AvgIpc) is 2.36. The molecule has 0 aliphatic rings. The van der Waals surface area contributed by atoms with Crippen LogP contribution in [0.5, 0.6) is 0 Å². The molecule has 0 fully saturated rings. The predicted molar refractivity (Wildman–Crippen MR) is 76.7 cm³/mol. The molecule has 0 saturated carbocycles. The Labute approximate surface area is 110 Å². The van der Waals surface area contributed by atoms with Crippen LogP contribution in [0.3, 0.4) is 0 Å². The van der Waals surface area contributed by atoms with Crippen LogP contribution in [0, 0.1) is 0 Å². The number of hydrogen-bond donors (Lipinski definition) is 2. The molecule has 3 heteroatoms. The van der Waals surface area contributed by atoms with Crippen molar-refractivity contribution in [1.29, 1.82) is 0 Å². The molecule has 1 aromatic rings. The van der Waals surface area contributed by atoms with Crippen LogP contribution in [0.2, 0.25) is 0 Å². The minimum atomic E-state index is 0.0622. The van der Waals surface area contributed by atoms with Gasteiger partial charge >= 0.3 is 0 Å². The van der Waals surface area contributed by atoms with Crippen LogP contribution in [0.25, 0.3) is 0 Å². The molecular weight excluding hydrogens is 224 g/mol. The van der Waals surface area contributed by atoms with Gasteiger partial charge in [0.1, 0.15) is 0 Å². The topological polar surface area (TPSA) is 41.1 Å². The molecule has 2 N–H and O–H groups in total. The van der Waals surface area contributed by atoms with E-state index in [1.54, 1.807) is 0 Å². The maximum atomic E-state index is 11.8. The molecule has 0 aliphatic heterocycles. The number of carbonyl (C=O) groups excluding carboxylic acids is 1. The van der Waals surface area contributed by atoms with Crippen LogP contribution in [0.4, 0.5) is 5.69 Å². The van der Waals surface area contributed by atoms with Gasteiger partial charge in [-0.25, -0.2) is 0 Å². The number of para-hydroxylation sites is 1. The Balaban J connectivity index is 2.36. The summed E-state index contributed by atoms with van der Waals surface area (Å²) >= 11 is 0. The molecule has 0 bridgehead atoms. The van der Waals surface area contributed by atoms with E-state index >= 15 is 0 Å². The highest BCUT2D eigenvalue weighted by atomic mass is 16.1. The summed E-state index contributed by atoms with van der Waals surface area (Å²) in [5.41, 5.74) is 0.859. The molecule has 100 valence electrons. The summed E-state index contributed by atoms with van der Waals surface area (Å²) in [4.78, 5) is 11.8. The highest BCUT2D eigenvalue weighted by Gasteiger charge is 2.12. The lowest BCUT2D eigenvalue weighted by atomic mass is 10.1. The molecule has 1 aromatic carbocycles. The highest BCUT2D eigenvalue weighted by Crippen LogP contribution is 2.07. The van der Waals surface area contributed by atoms with E-state index in [0.29, 0.717) is 12.5 Å². The van der Waals surface area contributed by atoms with Crippen molar-refractivity contribution < 1.29 is 4.79 Å². The lowest BCUT2D eigenvalue weighted by Gasteiger charge is -2.20. The van der Waals surface area contributed by atoms with E-state index in [2.05, 4.69) is 31.4 Å². The Morgan fingerprint density at radius 2 is 1.78 bits per heavy atom. The highest BCUT2D eigenvalue weighted by molar-refractivity contribution is 5.90. The number of anilines is 1. The summed E-state index contributed by atoms with van der Waals surface area (Å²) in [7, 11) is 0. The maximum absolute atomic E-state index is 11.8. The standard InChI is InChI=1S/C15H24N2O/c1-4-13(5-2)16-12(3)11-15(18)17-14-9-7-6-8-10-14/h6-10,12-13,16H,4-5,11H2,1-3H3,(H,17,18). The van der Waals surface area contributed by atoms with Crippen molar-refractivity contribution in [3.05, 3.63) is 30.3 Å². The van der Waals surface area contributed by atoms with Crippen LogP contribution in [0.1, 0.15) is 40.0 Å². The van der Waals surface area contributed by atoms with E-state index < -0.39 is 0 Å². The van der Waals surface area contributed by atoms with E-state index in [-0.39, 0.29) is 11.9 Å². The minimum absolute atomic E-state index is 0.0622. The molecule has 0 heterocycles. The normalized spacial score (nSPS) is 12.4. The third-order valence-corrected chi connectivity index (χ3v) is 3.05. The van der Waals surface area contributed by atoms with Gasteiger partial charge in [-0.1, -0.05) is 32.0 Å². The van der Waals surface area contributed by atoms with Gasteiger partial charge in [0.2, 0.25) is 5.91 Å². The van der Waals surface area contributed by atoms with E-state index in [4.69, 9.17) is 0 Å². The Hall–Kier alpha value is -1.35. The summed E-state index contributed by atoms with van der Waals surface area (Å²) in [6.45, 7) is 6.39. The van der Waals surface area contributed by atoms with Gasteiger partial charge in [-0.15, -0.1) is 0 Å². The monoisotopic (exact) mass is 248 g/mol. The fraction of sp³-hybridized carbons (Fsp3) is 0.533. The first-order chi connectivity index (χ1) is 8.65. The van der Waals surface area contributed by atoms with E-state index in [1.807, 2.05) is 30.3 Å². The molecule has 0 aromatic heterocycles. The molecule has 0 saturated heterocycles. The van der Waals surface area contributed by atoms with Crippen molar-refractivity contribution in [2.24, 2.45) is 0 Å². The van der Waals surface area contributed by atoms with Gasteiger partial charge in [-0.05, 0) is 31.9 Å². The van der Waals surface area contributed by atoms with Crippen LogP contribution < -0.4 is 10.6 Å². The van der Waals surface area contributed by atoms with E-state index in [0.717, 1.165) is 18.5 Å². The fourth-order valence-electron chi connectivity index (χ4n) is 2.00. The molecule has 0 aliphatic carbocycles. The molecule has 1 atom stereocenters. The molecule has 1 unspecified atom stereocenters. The first-order valence-electron chi connectivity index (χ1n) is 6.76. The molecule has 1 amide bonds. The van der Waals surface area contributed by atoms with E-state index in [1.165, 1.54) is 0 Å². The molecule has 0 radical (unpaired) electrons. The summed E-state index contributed by atoms with van der Waals surface area (Å²) in [5, 5.41) is 6.38. The van der Waals surface area contributed by atoms with Crippen molar-refractivity contribution >= 4 is 11.6 Å². The SMILES string of the molecule is CCC(CC)NC(C)CC(=O)Nc1ccccc1. The second-order valence-electron chi connectivity index (χ2n) is 4.70. The van der Waals surface area contributed by atoms with Crippen LogP contribution in [-0.4, -0.2) is 18.0 Å². The summed E-state index contributed by atoms with van der Waals surface area (Å²) in [5.74, 6) is 0.0622. The first kappa shape index (κ1) is 14.7. The number of hydrogen-bond acceptors (Lipinski definition) is 2. The van der Waals surface area contributed by atoms with Crippen molar-refractivity contribution in [2.45, 2.75) is 52.1 Å². The lowest BCUT2D eigenvalue weighted by Crippen LogP contribution is -2.37. The van der Waals surface area contributed by atoms with Gasteiger partial charge < -0.3 is 10.6 Å². The number of rotatable bonds is 7. The van der Waals surface area contributed by atoms with Gasteiger partial charge in [0.25, 0.3) is 0 Å². The third-order valence-electron chi connectivity index (χ3n) is 3.05. The zero-order chi connectivity index (χ0) is 13.4. The van der Waals surface area contributed by atoms with Crippen LogP contribution in [-0.2, 0) is 4.79 Å². The quantitative estimate of drug-likeness (QED) is 0.778. The van der Waals surface area contributed by atoms with Crippen molar-refractivity contribution in [3.63, 3.8) is 0 Å². The van der Waals surface area contributed by atoms with Crippen LogP contribution in [0.15, 0.2) is 30.3 Å². The Morgan fingerprint density at radius 1 is 1.17 bits per heavy atom. The summed E-state index contributed by atoms with van der Waals surface area (Å²) in [6.07, 6.45) is 2.70. The first-order valence-corrected chi connectivity index (χ1v) is 6.76. The van der Waals surface area contributed by atoms with Gasteiger partial charge in [-0.2, -0.15) is 0 Å². The largest absolute Gasteiger partial charge is 0.326 e. The number of amides is 1. The fourth-order valence-corrected chi connectivity index (χ4v) is 2.00. The summed E-state index contributed by atoms with van der Waals surface area (Å²) in [6, 6.07) is 10.3. The number of nitrogens with one attached hydrogen (secondary N) is 2. The number of carbonyl (C=O) groups is 1. The van der Waals surface area contributed by atoms with Gasteiger partial charge in [0.15, 0.2) is 0 Å². The predicted octanol–water partition coefficient (Wildman–Crippen LogP) is 3.18. The smallest absolute Gasteiger partial charge is 0.225 e. The minimum Gasteiger partial charge on any atom is -0.326 e. The second kappa shape index (κ2) is 7.88. The number of benzene rings is 1. The average molecular weight is 248 g/mol. The molecule has 1 rings (SSSR count). The van der Waals surface area contributed by atoms with Crippen molar-refractivity contribution in [1.82, 2.24) is 5.32 Å². The lowest BCUT2D eigenvalue weighted by molar-refractivity contribution is -0.116. The Bertz CT molecular complexity index is 347. The third kappa shape index (κ3) is 5.32. The van der Waals surface area contributed by atoms with E-state index in [9.17, 15) is 4.79 Å². The zero-order valence-electron chi connectivity index (χ0n) is 11.6. The van der Waals surface area contributed by atoms with Gasteiger partial charge in [0.05, 0.1) is 0 Å². The Kier molecular flexibility index (Phi) is 6.44. The van der Waals surface area contributed by atoms with Gasteiger partial charge in [0, 0.05) is 24.2 Å². The molecule has 0 spiro atoms. The van der Waals surface area contributed by atoms with Crippen LogP contribution >= 0.6 is 0 Å². The maximum Gasteiger partial charge on any atom is 0.225 e. The Morgan fingerprint density at radius 3 is 2.33 bits per heavy atom. The second-order valence-corrected chi connectivity index (χ2v) is 4.70. The van der Waals surface area contributed by atoms with Gasteiger partial charge in [-0.3, -0.25) is 4.79 Å². The molecule has 3 nitrogen and oxygen atoms in total. The molecule has 18 heavy (non-hydrogen) atoms. The van der Waals surface area contributed by atoms with Crippen molar-refractivity contribution in [2.75, 3.05) is 5.32 Å². The van der Waals surface area contributed by atoms with Crippen molar-refractivity contribution in [3.8, 4) is 0 Å². The zero-order valence-corrected chi connectivity index (χ0v) is 11.6. The summed E-state index contributed by atoms with van der Waals surface area (Å²) < 4.78 is 0. The molecular formula is C15H24N2O.